The first kappa shape index (κ1) is 22.5. The van der Waals surface area contributed by atoms with Crippen LogP contribution in [0.2, 0.25) is 0 Å². The minimum Gasteiger partial charge on any atom is -0.438 e. The molecule has 0 bridgehead atoms. The van der Waals surface area contributed by atoms with Crippen LogP contribution < -0.4 is 10.2 Å². The summed E-state index contributed by atoms with van der Waals surface area (Å²) >= 11 is 6.03. The van der Waals surface area contributed by atoms with Crippen molar-refractivity contribution < 1.29 is 22.7 Å². The lowest BCUT2D eigenvalue weighted by Gasteiger charge is -2.31. The van der Waals surface area contributed by atoms with Gasteiger partial charge in [0, 0.05) is 26.1 Å². The quantitative estimate of drug-likeness (QED) is 0.298. The van der Waals surface area contributed by atoms with Crippen molar-refractivity contribution in [3.8, 4) is 11.6 Å². The molecule has 11 heteroatoms. The van der Waals surface area contributed by atoms with E-state index in [0.29, 0.717) is 43.1 Å². The maximum absolute atomic E-state index is 13.9. The van der Waals surface area contributed by atoms with Gasteiger partial charge in [0.1, 0.15) is 22.9 Å². The molecule has 0 atom stereocenters. The number of alkyl halides is 2. The van der Waals surface area contributed by atoms with Crippen LogP contribution in [-0.4, -0.2) is 41.0 Å². The molecule has 0 unspecified atom stereocenters. The Bertz CT molecular complexity index is 1040. The Balaban J connectivity index is 1.93. The van der Waals surface area contributed by atoms with E-state index in [0.717, 1.165) is 18.2 Å². The molecule has 2 aromatic rings. The summed E-state index contributed by atoms with van der Waals surface area (Å²) in [6.07, 6.45) is 3.58. The zero-order valence-electron chi connectivity index (χ0n) is 16.7. The van der Waals surface area contributed by atoms with Crippen LogP contribution in [0.4, 0.5) is 13.2 Å². The molecular weight excluding hydrogens is 435 g/mol. The van der Waals surface area contributed by atoms with Crippen molar-refractivity contribution in [2.24, 2.45) is 5.10 Å². The van der Waals surface area contributed by atoms with E-state index in [1.807, 2.05) is 0 Å². The van der Waals surface area contributed by atoms with Gasteiger partial charge in [0.2, 0.25) is 5.88 Å². The number of nitrogens with one attached hydrogen (secondary N) is 1. The monoisotopic (exact) mass is 453 g/mol. The summed E-state index contributed by atoms with van der Waals surface area (Å²) in [4.78, 5) is 21.3. The van der Waals surface area contributed by atoms with Gasteiger partial charge >= 0.3 is 0 Å². The second kappa shape index (κ2) is 9.34. The van der Waals surface area contributed by atoms with Crippen molar-refractivity contribution in [1.82, 2.24) is 20.3 Å². The van der Waals surface area contributed by atoms with Crippen LogP contribution in [0, 0.1) is 5.82 Å². The average molecular weight is 454 g/mol. The number of hydrogen-bond donors (Lipinski definition) is 1. The summed E-state index contributed by atoms with van der Waals surface area (Å²) in [5.74, 6) is -4.18. The Morgan fingerprint density at radius 2 is 2.16 bits per heavy atom. The number of benzene rings is 1. The summed E-state index contributed by atoms with van der Waals surface area (Å²) in [5, 5.41) is 3.89. The molecule has 0 saturated heterocycles. The van der Waals surface area contributed by atoms with Gasteiger partial charge in [-0.1, -0.05) is 11.6 Å². The van der Waals surface area contributed by atoms with Gasteiger partial charge < -0.3 is 15.1 Å². The largest absolute Gasteiger partial charge is 0.438 e. The Labute approximate surface area is 181 Å². The zero-order valence-corrected chi connectivity index (χ0v) is 17.5. The highest BCUT2D eigenvalue weighted by molar-refractivity contribution is 6.40. The van der Waals surface area contributed by atoms with Crippen LogP contribution >= 0.6 is 11.6 Å². The molecule has 7 nitrogen and oxygen atoms in total. The number of allylic oxidation sites excluding steroid dienone is 2. The predicted molar refractivity (Wildman–Crippen MR) is 109 cm³/mol. The number of fused-ring (bicyclic) bond motifs is 1. The van der Waals surface area contributed by atoms with Crippen LogP contribution in [0.15, 0.2) is 40.4 Å². The first-order chi connectivity index (χ1) is 14.7. The third kappa shape index (κ3) is 5.13. The molecule has 0 fully saturated rings. The normalized spacial score (nSPS) is 14.8. The summed E-state index contributed by atoms with van der Waals surface area (Å²) in [6.45, 7) is 1.36. The zero-order chi connectivity index (χ0) is 22.6. The molecular formula is C20H19ClF3N5O2. The molecule has 3 rings (SSSR count). The smallest absolute Gasteiger partial charge is 0.274 e. The highest BCUT2D eigenvalue weighted by Gasteiger charge is 2.31. The number of carbonyl (C=O) groups excluding carboxylic acids is 1. The van der Waals surface area contributed by atoms with Crippen molar-refractivity contribution in [2.75, 3.05) is 13.6 Å². The van der Waals surface area contributed by atoms with E-state index in [2.05, 4.69) is 20.5 Å². The minimum atomic E-state index is -3.31. The summed E-state index contributed by atoms with van der Waals surface area (Å²) in [5.41, 5.74) is 3.62. The van der Waals surface area contributed by atoms with E-state index in [1.165, 1.54) is 12.5 Å². The van der Waals surface area contributed by atoms with Gasteiger partial charge in [0.15, 0.2) is 6.29 Å². The number of rotatable bonds is 7. The van der Waals surface area contributed by atoms with E-state index in [-0.39, 0.29) is 23.2 Å². The maximum Gasteiger partial charge on any atom is 0.274 e. The van der Waals surface area contributed by atoms with Crippen LogP contribution in [0.25, 0.3) is 0 Å². The summed E-state index contributed by atoms with van der Waals surface area (Å²) in [7, 11) is 1.61. The summed E-state index contributed by atoms with van der Waals surface area (Å²) < 4.78 is 47.1. The van der Waals surface area contributed by atoms with Gasteiger partial charge in [-0.25, -0.2) is 23.1 Å². The topological polar surface area (TPSA) is 79.7 Å². The molecule has 1 aromatic carbocycles. The number of halogens is 4. The standard InChI is InChI=1S/C20H19ClF3N5O2/c1-20(23,24)14-7-12(22)3-4-18(14)31-19-13-5-6-29(9-16(13)26-11-27-19)17(8-28-25-2)15(21)10-30/h3-4,7-8,10-11,25H,5-6,9H2,1-2H3/b17-15-,28-8-. The molecule has 1 aliphatic heterocycles. The maximum atomic E-state index is 13.9. The van der Waals surface area contributed by atoms with Gasteiger partial charge in [0.25, 0.3) is 5.92 Å². The fourth-order valence-corrected chi connectivity index (χ4v) is 3.31. The SMILES string of the molecule is CN/N=C\C(=C(\Cl)C=O)N1CCc2c(ncnc2Oc2ccc(F)cc2C(C)(F)F)C1. The lowest BCUT2D eigenvalue weighted by atomic mass is 10.1. The van der Waals surface area contributed by atoms with Crippen molar-refractivity contribution in [2.45, 2.75) is 25.8 Å². The van der Waals surface area contributed by atoms with Gasteiger partial charge in [-0.3, -0.25) is 4.79 Å². The van der Waals surface area contributed by atoms with Crippen molar-refractivity contribution >= 4 is 24.1 Å². The number of aromatic nitrogens is 2. The molecule has 1 aromatic heterocycles. The number of carbonyl (C=O) groups is 1. The number of hydrazone groups is 1. The third-order valence-corrected chi connectivity index (χ3v) is 4.88. The molecule has 31 heavy (non-hydrogen) atoms. The summed E-state index contributed by atoms with van der Waals surface area (Å²) in [6, 6.07) is 2.93. The van der Waals surface area contributed by atoms with Crippen molar-refractivity contribution in [3.63, 3.8) is 0 Å². The highest BCUT2D eigenvalue weighted by atomic mass is 35.5. The van der Waals surface area contributed by atoms with Crippen LogP contribution in [0.5, 0.6) is 11.6 Å². The molecule has 0 aliphatic carbocycles. The molecule has 1 N–H and O–H groups in total. The second-order valence-electron chi connectivity index (χ2n) is 6.74. The predicted octanol–water partition coefficient (Wildman–Crippen LogP) is 3.73. The van der Waals surface area contributed by atoms with Crippen LogP contribution in [0.1, 0.15) is 23.7 Å². The van der Waals surface area contributed by atoms with Crippen molar-refractivity contribution in [1.29, 1.82) is 0 Å². The molecule has 0 amide bonds. The molecule has 2 heterocycles. The van der Waals surface area contributed by atoms with Crippen LogP contribution in [0.3, 0.4) is 0 Å². The Morgan fingerprint density at radius 1 is 1.39 bits per heavy atom. The number of aldehydes is 1. The Hall–Kier alpha value is -3.14. The average Bonchev–Trinajstić information content (AvgIpc) is 2.74. The third-order valence-electron chi connectivity index (χ3n) is 4.59. The molecule has 0 saturated carbocycles. The minimum absolute atomic E-state index is 0.0193. The van der Waals surface area contributed by atoms with Gasteiger partial charge in [-0.15, -0.1) is 0 Å². The first-order valence-electron chi connectivity index (χ1n) is 9.22. The lowest BCUT2D eigenvalue weighted by Crippen LogP contribution is -2.32. The molecule has 1 aliphatic rings. The fraction of sp³-hybridized carbons (Fsp3) is 0.300. The fourth-order valence-electron chi connectivity index (χ4n) is 3.14. The first-order valence-corrected chi connectivity index (χ1v) is 9.60. The van der Waals surface area contributed by atoms with Crippen molar-refractivity contribution in [3.05, 3.63) is 57.9 Å². The van der Waals surface area contributed by atoms with E-state index >= 15 is 0 Å². The molecule has 0 spiro atoms. The number of nitrogens with zero attached hydrogens (tertiary/aromatic N) is 4. The number of hydrogen-bond acceptors (Lipinski definition) is 7. The van der Waals surface area contributed by atoms with Gasteiger partial charge in [-0.2, -0.15) is 5.10 Å². The second-order valence-corrected chi connectivity index (χ2v) is 7.15. The van der Waals surface area contributed by atoms with E-state index in [9.17, 15) is 18.0 Å². The lowest BCUT2D eigenvalue weighted by molar-refractivity contribution is -0.104. The number of ether oxygens (including phenoxy) is 1. The molecule has 0 radical (unpaired) electrons. The molecule has 164 valence electrons. The van der Waals surface area contributed by atoms with E-state index in [4.69, 9.17) is 16.3 Å². The van der Waals surface area contributed by atoms with Gasteiger partial charge in [0.05, 0.1) is 29.7 Å². The van der Waals surface area contributed by atoms with Gasteiger partial charge in [-0.05, 0) is 24.6 Å². The van der Waals surface area contributed by atoms with Crippen LogP contribution in [-0.2, 0) is 23.7 Å². The highest BCUT2D eigenvalue weighted by Crippen LogP contribution is 2.38. The van der Waals surface area contributed by atoms with E-state index < -0.39 is 17.3 Å². The Kier molecular flexibility index (Phi) is 6.79. The van der Waals surface area contributed by atoms with E-state index in [1.54, 1.807) is 11.9 Å². The Morgan fingerprint density at radius 3 is 2.84 bits per heavy atom.